The average molecular weight is 287 g/mol. The number of anilines is 1. The van der Waals surface area contributed by atoms with Gasteiger partial charge in [-0.3, -0.25) is 4.98 Å². The van der Waals surface area contributed by atoms with Crippen molar-refractivity contribution in [1.82, 2.24) is 10.3 Å². The molecule has 0 unspecified atom stereocenters. The zero-order valence-electron chi connectivity index (χ0n) is 11.3. The summed E-state index contributed by atoms with van der Waals surface area (Å²) in [7, 11) is 0. The molecule has 0 saturated heterocycles. The molecule has 0 fully saturated rings. The summed E-state index contributed by atoms with van der Waals surface area (Å²) in [5.74, 6) is 0.881. The highest BCUT2D eigenvalue weighted by Gasteiger charge is 2.03. The molecule has 1 aromatic heterocycles. The minimum atomic E-state index is 0.560. The Morgan fingerprint density at radius 2 is 2.10 bits per heavy atom. The minimum Gasteiger partial charge on any atom is -0.494 e. The Morgan fingerprint density at radius 1 is 1.25 bits per heavy atom. The zero-order valence-corrected chi connectivity index (χ0v) is 12.1. The molecule has 4 nitrogen and oxygen atoms in total. The lowest BCUT2D eigenvalue weighted by molar-refractivity contribution is 0.336. The van der Waals surface area contributed by atoms with E-state index in [4.69, 9.17) is 17.0 Å². The number of hydrogen-bond acceptors (Lipinski definition) is 3. The average Bonchev–Trinajstić information content (AvgIpc) is 2.48. The molecule has 0 bridgehead atoms. The second-order valence-corrected chi connectivity index (χ2v) is 4.50. The van der Waals surface area contributed by atoms with Gasteiger partial charge in [0.05, 0.1) is 18.5 Å². The van der Waals surface area contributed by atoms with Crippen molar-refractivity contribution < 1.29 is 4.74 Å². The van der Waals surface area contributed by atoms with Gasteiger partial charge in [0.25, 0.3) is 0 Å². The molecule has 1 aromatic carbocycles. The van der Waals surface area contributed by atoms with E-state index in [0.717, 1.165) is 17.0 Å². The van der Waals surface area contributed by atoms with Crippen molar-refractivity contribution in [3.05, 3.63) is 54.4 Å². The Labute approximate surface area is 124 Å². The SMILES string of the molecule is CCOc1ccccc1CNC(=S)Nc1cccnc1. The van der Waals surface area contributed by atoms with Crippen LogP contribution in [0.2, 0.25) is 0 Å². The van der Waals surface area contributed by atoms with E-state index in [0.29, 0.717) is 18.3 Å². The van der Waals surface area contributed by atoms with Gasteiger partial charge < -0.3 is 15.4 Å². The van der Waals surface area contributed by atoms with E-state index in [1.165, 1.54) is 0 Å². The zero-order chi connectivity index (χ0) is 14.2. The van der Waals surface area contributed by atoms with Crippen LogP contribution in [-0.2, 0) is 6.54 Å². The highest BCUT2D eigenvalue weighted by Crippen LogP contribution is 2.17. The molecular weight excluding hydrogens is 270 g/mol. The number of rotatable bonds is 5. The first-order chi connectivity index (χ1) is 9.79. The summed E-state index contributed by atoms with van der Waals surface area (Å²) in [6.45, 7) is 3.23. The van der Waals surface area contributed by atoms with Gasteiger partial charge in [0.1, 0.15) is 5.75 Å². The third kappa shape index (κ3) is 4.20. The molecule has 2 aromatic rings. The second kappa shape index (κ2) is 7.45. The molecule has 0 aliphatic heterocycles. The molecular formula is C15H17N3OS. The molecule has 5 heteroatoms. The van der Waals surface area contributed by atoms with Gasteiger partial charge in [-0.15, -0.1) is 0 Å². The van der Waals surface area contributed by atoms with Crippen LogP contribution >= 0.6 is 12.2 Å². The third-order valence-corrected chi connectivity index (χ3v) is 2.88. The fourth-order valence-corrected chi connectivity index (χ4v) is 1.92. The van der Waals surface area contributed by atoms with Gasteiger partial charge in [-0.25, -0.2) is 0 Å². The maximum absolute atomic E-state index is 5.57. The fourth-order valence-electron chi connectivity index (χ4n) is 1.73. The first-order valence-corrected chi connectivity index (χ1v) is 6.86. The molecule has 2 rings (SSSR count). The predicted octanol–water partition coefficient (Wildman–Crippen LogP) is 2.97. The van der Waals surface area contributed by atoms with E-state index < -0.39 is 0 Å². The van der Waals surface area contributed by atoms with Gasteiger partial charge in [-0.05, 0) is 37.3 Å². The number of ether oxygens (including phenoxy) is 1. The van der Waals surface area contributed by atoms with Crippen molar-refractivity contribution in [2.24, 2.45) is 0 Å². The molecule has 0 radical (unpaired) electrons. The lowest BCUT2D eigenvalue weighted by Gasteiger charge is -2.13. The lowest BCUT2D eigenvalue weighted by Crippen LogP contribution is -2.28. The quantitative estimate of drug-likeness (QED) is 0.828. The van der Waals surface area contributed by atoms with Gasteiger partial charge in [0.2, 0.25) is 0 Å². The summed E-state index contributed by atoms with van der Waals surface area (Å²) < 4.78 is 5.57. The molecule has 0 atom stereocenters. The van der Waals surface area contributed by atoms with Crippen molar-refractivity contribution in [2.75, 3.05) is 11.9 Å². The number of aromatic nitrogens is 1. The Kier molecular flexibility index (Phi) is 5.32. The number of thiocarbonyl (C=S) groups is 1. The van der Waals surface area contributed by atoms with Crippen LogP contribution in [0.25, 0.3) is 0 Å². The summed E-state index contributed by atoms with van der Waals surface area (Å²) in [5.41, 5.74) is 1.94. The highest BCUT2D eigenvalue weighted by molar-refractivity contribution is 7.80. The molecule has 0 saturated carbocycles. The Bertz CT molecular complexity index is 560. The largest absolute Gasteiger partial charge is 0.494 e. The van der Waals surface area contributed by atoms with Crippen molar-refractivity contribution >= 4 is 23.0 Å². The minimum absolute atomic E-state index is 0.560. The summed E-state index contributed by atoms with van der Waals surface area (Å²) in [6, 6.07) is 11.7. The number of nitrogens with one attached hydrogen (secondary N) is 2. The van der Waals surface area contributed by atoms with E-state index in [-0.39, 0.29) is 0 Å². The van der Waals surface area contributed by atoms with Crippen molar-refractivity contribution in [1.29, 1.82) is 0 Å². The number of nitrogens with zero attached hydrogens (tertiary/aromatic N) is 1. The van der Waals surface area contributed by atoms with Crippen LogP contribution in [0.5, 0.6) is 5.75 Å². The fraction of sp³-hybridized carbons (Fsp3) is 0.200. The summed E-state index contributed by atoms with van der Waals surface area (Å²) in [5, 5.41) is 6.80. The van der Waals surface area contributed by atoms with Crippen LogP contribution in [-0.4, -0.2) is 16.7 Å². The third-order valence-electron chi connectivity index (χ3n) is 2.63. The van der Waals surface area contributed by atoms with Crippen LogP contribution < -0.4 is 15.4 Å². The number of pyridine rings is 1. The summed E-state index contributed by atoms with van der Waals surface area (Å²) in [4.78, 5) is 4.02. The van der Waals surface area contributed by atoms with Crippen LogP contribution in [0.3, 0.4) is 0 Å². The van der Waals surface area contributed by atoms with Crippen LogP contribution in [0, 0.1) is 0 Å². The second-order valence-electron chi connectivity index (χ2n) is 4.09. The molecule has 20 heavy (non-hydrogen) atoms. The van der Waals surface area contributed by atoms with Crippen molar-refractivity contribution in [3.63, 3.8) is 0 Å². The lowest BCUT2D eigenvalue weighted by atomic mass is 10.2. The topological polar surface area (TPSA) is 46.2 Å². The standard InChI is InChI=1S/C15H17N3OS/c1-2-19-14-8-4-3-6-12(14)10-17-15(20)18-13-7-5-9-16-11-13/h3-9,11H,2,10H2,1H3,(H2,17,18,20). The molecule has 1 heterocycles. The van der Waals surface area contributed by atoms with Gasteiger partial charge in [-0.2, -0.15) is 0 Å². The van der Waals surface area contributed by atoms with Crippen LogP contribution in [0.15, 0.2) is 48.8 Å². The summed E-state index contributed by atoms with van der Waals surface area (Å²) >= 11 is 5.25. The number of benzene rings is 1. The van der Waals surface area contributed by atoms with Crippen LogP contribution in [0.4, 0.5) is 5.69 Å². The highest BCUT2D eigenvalue weighted by atomic mass is 32.1. The van der Waals surface area contributed by atoms with Gasteiger partial charge in [-0.1, -0.05) is 18.2 Å². The van der Waals surface area contributed by atoms with E-state index in [2.05, 4.69) is 15.6 Å². The normalized spacial score (nSPS) is 9.85. The number of hydrogen-bond donors (Lipinski definition) is 2. The van der Waals surface area contributed by atoms with E-state index in [9.17, 15) is 0 Å². The predicted molar refractivity (Wildman–Crippen MR) is 84.9 cm³/mol. The molecule has 0 aliphatic rings. The molecule has 0 aliphatic carbocycles. The first-order valence-electron chi connectivity index (χ1n) is 6.45. The van der Waals surface area contributed by atoms with E-state index >= 15 is 0 Å². The van der Waals surface area contributed by atoms with Gasteiger partial charge in [0, 0.05) is 18.3 Å². The Hall–Kier alpha value is -2.14. The molecule has 104 valence electrons. The maximum Gasteiger partial charge on any atom is 0.171 e. The molecule has 2 N–H and O–H groups in total. The van der Waals surface area contributed by atoms with Crippen molar-refractivity contribution in [3.8, 4) is 5.75 Å². The first kappa shape index (κ1) is 14.3. The van der Waals surface area contributed by atoms with Gasteiger partial charge in [0.15, 0.2) is 5.11 Å². The maximum atomic E-state index is 5.57. The number of para-hydroxylation sites is 1. The van der Waals surface area contributed by atoms with Crippen molar-refractivity contribution in [2.45, 2.75) is 13.5 Å². The molecule has 0 spiro atoms. The van der Waals surface area contributed by atoms with Gasteiger partial charge >= 0.3 is 0 Å². The van der Waals surface area contributed by atoms with Crippen LogP contribution in [0.1, 0.15) is 12.5 Å². The van der Waals surface area contributed by atoms with E-state index in [1.807, 2.05) is 43.3 Å². The van der Waals surface area contributed by atoms with E-state index in [1.54, 1.807) is 12.4 Å². The Morgan fingerprint density at radius 3 is 2.85 bits per heavy atom. The summed E-state index contributed by atoms with van der Waals surface area (Å²) in [6.07, 6.45) is 3.45. The molecule has 0 amide bonds. The smallest absolute Gasteiger partial charge is 0.171 e. The monoisotopic (exact) mass is 287 g/mol. The Balaban J connectivity index is 1.90.